The highest BCUT2D eigenvalue weighted by Crippen LogP contribution is 2.11. The lowest BCUT2D eigenvalue weighted by atomic mass is 10.1. The number of carbonyl (C=O) groups is 2. The highest BCUT2D eigenvalue weighted by molar-refractivity contribution is 5.38. The summed E-state index contributed by atoms with van der Waals surface area (Å²) in [4.78, 5) is 20.3. The van der Waals surface area contributed by atoms with Gasteiger partial charge in [0.25, 0.3) is 12.9 Å². The maximum absolute atomic E-state index is 10.2. The van der Waals surface area contributed by atoms with Crippen molar-refractivity contribution in [2.45, 2.75) is 70.8 Å². The van der Waals surface area contributed by atoms with Gasteiger partial charge in [-0.05, 0) is 12.8 Å². The van der Waals surface area contributed by atoms with E-state index < -0.39 is 0 Å². The molecule has 0 aliphatic rings. The first-order valence-electron chi connectivity index (χ1n) is 6.99. The first-order valence-corrected chi connectivity index (χ1v) is 6.99. The van der Waals surface area contributed by atoms with Crippen molar-refractivity contribution in [2.24, 2.45) is 0 Å². The standard InChI is InChI=1S/C14H26O4/c1-2-3-4-5-6-7-8-9-10-14(18-13-16)11-17-12-15/h12-14H,2-11H2,1H3. The Labute approximate surface area is 110 Å². The van der Waals surface area contributed by atoms with Crippen LogP contribution in [0.25, 0.3) is 0 Å². The second-order valence-electron chi connectivity index (χ2n) is 4.55. The van der Waals surface area contributed by atoms with Gasteiger partial charge >= 0.3 is 0 Å². The molecule has 0 spiro atoms. The highest BCUT2D eigenvalue weighted by Gasteiger charge is 2.09. The molecular formula is C14H26O4. The van der Waals surface area contributed by atoms with Gasteiger partial charge in [-0.2, -0.15) is 0 Å². The van der Waals surface area contributed by atoms with Gasteiger partial charge in [0.15, 0.2) is 0 Å². The zero-order valence-electron chi connectivity index (χ0n) is 11.4. The van der Waals surface area contributed by atoms with E-state index >= 15 is 0 Å². The van der Waals surface area contributed by atoms with Gasteiger partial charge in [-0.25, -0.2) is 0 Å². The monoisotopic (exact) mass is 258 g/mol. The van der Waals surface area contributed by atoms with Crippen LogP contribution in [-0.4, -0.2) is 25.7 Å². The molecule has 0 fully saturated rings. The second-order valence-corrected chi connectivity index (χ2v) is 4.55. The van der Waals surface area contributed by atoms with E-state index in [-0.39, 0.29) is 12.7 Å². The van der Waals surface area contributed by atoms with E-state index in [2.05, 4.69) is 11.7 Å². The molecule has 0 heterocycles. The van der Waals surface area contributed by atoms with Gasteiger partial charge < -0.3 is 9.47 Å². The number of unbranched alkanes of at least 4 members (excludes halogenated alkanes) is 7. The highest BCUT2D eigenvalue weighted by atomic mass is 16.6. The molecule has 4 nitrogen and oxygen atoms in total. The lowest BCUT2D eigenvalue weighted by Crippen LogP contribution is -2.19. The Hall–Kier alpha value is -1.06. The minimum atomic E-state index is -0.284. The van der Waals surface area contributed by atoms with Crippen molar-refractivity contribution in [3.05, 3.63) is 0 Å². The molecule has 0 aliphatic heterocycles. The van der Waals surface area contributed by atoms with Crippen molar-refractivity contribution < 1.29 is 19.1 Å². The molecule has 1 unspecified atom stereocenters. The molecule has 0 saturated carbocycles. The van der Waals surface area contributed by atoms with Gasteiger partial charge in [-0.1, -0.05) is 51.9 Å². The minimum Gasteiger partial charge on any atom is -0.464 e. The number of hydrogen-bond acceptors (Lipinski definition) is 4. The summed E-state index contributed by atoms with van der Waals surface area (Å²) in [5.74, 6) is 0. The fourth-order valence-corrected chi connectivity index (χ4v) is 1.92. The summed E-state index contributed by atoms with van der Waals surface area (Å²) in [6, 6.07) is 0. The average Bonchev–Trinajstić information content (AvgIpc) is 2.39. The summed E-state index contributed by atoms with van der Waals surface area (Å²) in [6.45, 7) is 3.19. The summed E-state index contributed by atoms with van der Waals surface area (Å²) >= 11 is 0. The quantitative estimate of drug-likeness (QED) is 0.354. The summed E-state index contributed by atoms with van der Waals surface area (Å²) < 4.78 is 9.45. The number of ether oxygens (including phenoxy) is 2. The largest absolute Gasteiger partial charge is 0.464 e. The third-order valence-electron chi connectivity index (χ3n) is 2.98. The predicted molar refractivity (Wildman–Crippen MR) is 70.2 cm³/mol. The van der Waals surface area contributed by atoms with Crippen molar-refractivity contribution in [1.29, 1.82) is 0 Å². The van der Waals surface area contributed by atoms with E-state index in [0.717, 1.165) is 19.3 Å². The van der Waals surface area contributed by atoms with Gasteiger partial charge in [0, 0.05) is 0 Å². The van der Waals surface area contributed by atoms with Gasteiger partial charge in [0.2, 0.25) is 0 Å². The van der Waals surface area contributed by atoms with Crippen LogP contribution in [0.2, 0.25) is 0 Å². The van der Waals surface area contributed by atoms with Gasteiger partial charge in [0.1, 0.15) is 12.7 Å². The van der Waals surface area contributed by atoms with Crippen LogP contribution in [0.3, 0.4) is 0 Å². The van der Waals surface area contributed by atoms with E-state index in [9.17, 15) is 9.59 Å². The Morgan fingerprint density at radius 2 is 1.50 bits per heavy atom. The molecule has 0 aliphatic carbocycles. The van der Waals surface area contributed by atoms with E-state index in [0.29, 0.717) is 12.9 Å². The topological polar surface area (TPSA) is 52.6 Å². The lowest BCUT2D eigenvalue weighted by molar-refractivity contribution is -0.143. The van der Waals surface area contributed by atoms with Crippen LogP contribution in [0.15, 0.2) is 0 Å². The van der Waals surface area contributed by atoms with Crippen molar-refractivity contribution >= 4 is 12.9 Å². The third kappa shape index (κ3) is 11.4. The molecule has 4 heteroatoms. The SMILES string of the molecule is CCCCCCCCCCC(COC=O)OC=O. The maximum Gasteiger partial charge on any atom is 0.293 e. The maximum atomic E-state index is 10.2. The van der Waals surface area contributed by atoms with Crippen LogP contribution in [0.4, 0.5) is 0 Å². The molecule has 0 aromatic heterocycles. The van der Waals surface area contributed by atoms with E-state index in [1.165, 1.54) is 38.5 Å². The number of carbonyl (C=O) groups excluding carboxylic acids is 2. The van der Waals surface area contributed by atoms with Crippen LogP contribution < -0.4 is 0 Å². The Balaban J connectivity index is 3.36. The normalized spacial score (nSPS) is 11.8. The van der Waals surface area contributed by atoms with Crippen LogP contribution in [-0.2, 0) is 19.1 Å². The number of rotatable bonds is 14. The van der Waals surface area contributed by atoms with Crippen molar-refractivity contribution in [2.75, 3.05) is 6.61 Å². The fourth-order valence-electron chi connectivity index (χ4n) is 1.92. The summed E-state index contributed by atoms with van der Waals surface area (Å²) in [6.07, 6.45) is 10.4. The first-order chi connectivity index (χ1) is 8.85. The Morgan fingerprint density at radius 3 is 2.06 bits per heavy atom. The molecule has 0 amide bonds. The van der Waals surface area contributed by atoms with E-state index in [4.69, 9.17) is 4.74 Å². The van der Waals surface area contributed by atoms with Crippen LogP contribution in [0, 0.1) is 0 Å². The molecule has 0 N–H and O–H groups in total. The molecular weight excluding hydrogens is 232 g/mol. The van der Waals surface area contributed by atoms with Crippen molar-refractivity contribution in [1.82, 2.24) is 0 Å². The molecule has 0 rings (SSSR count). The second kappa shape index (κ2) is 14.0. The van der Waals surface area contributed by atoms with Gasteiger partial charge in [-0.15, -0.1) is 0 Å². The molecule has 0 aromatic carbocycles. The lowest BCUT2D eigenvalue weighted by Gasteiger charge is -2.13. The molecule has 0 bridgehead atoms. The van der Waals surface area contributed by atoms with E-state index in [1.54, 1.807) is 0 Å². The molecule has 18 heavy (non-hydrogen) atoms. The Kier molecular flexibility index (Phi) is 13.2. The van der Waals surface area contributed by atoms with Crippen LogP contribution >= 0.6 is 0 Å². The Bertz CT molecular complexity index is 194. The van der Waals surface area contributed by atoms with Gasteiger partial charge in [-0.3, -0.25) is 9.59 Å². The molecule has 106 valence electrons. The minimum absolute atomic E-state index is 0.165. The van der Waals surface area contributed by atoms with Crippen molar-refractivity contribution in [3.63, 3.8) is 0 Å². The van der Waals surface area contributed by atoms with Crippen LogP contribution in [0.1, 0.15) is 64.7 Å². The average molecular weight is 258 g/mol. The van der Waals surface area contributed by atoms with Gasteiger partial charge in [0.05, 0.1) is 0 Å². The summed E-state index contributed by atoms with van der Waals surface area (Å²) in [5, 5.41) is 0. The zero-order chi connectivity index (χ0) is 13.5. The predicted octanol–water partition coefficient (Wildman–Crippen LogP) is 3.23. The van der Waals surface area contributed by atoms with Crippen molar-refractivity contribution in [3.8, 4) is 0 Å². The molecule has 1 atom stereocenters. The van der Waals surface area contributed by atoms with Crippen LogP contribution in [0.5, 0.6) is 0 Å². The molecule has 0 saturated heterocycles. The third-order valence-corrected chi connectivity index (χ3v) is 2.98. The first kappa shape index (κ1) is 16.9. The smallest absolute Gasteiger partial charge is 0.293 e. The molecule has 0 radical (unpaired) electrons. The summed E-state index contributed by atoms with van der Waals surface area (Å²) in [5.41, 5.74) is 0. The number of hydrogen-bond donors (Lipinski definition) is 0. The Morgan fingerprint density at radius 1 is 0.889 bits per heavy atom. The fraction of sp³-hybridized carbons (Fsp3) is 0.857. The summed E-state index contributed by atoms with van der Waals surface area (Å²) in [7, 11) is 0. The molecule has 0 aromatic rings. The zero-order valence-corrected chi connectivity index (χ0v) is 11.4. The van der Waals surface area contributed by atoms with E-state index in [1.807, 2.05) is 0 Å².